The lowest BCUT2D eigenvalue weighted by Crippen LogP contribution is -2.49. The monoisotopic (exact) mass is 249 g/mol. The van der Waals surface area contributed by atoms with Gasteiger partial charge in [-0.15, -0.1) is 10.1 Å². The van der Waals surface area contributed by atoms with Gasteiger partial charge in [0, 0.05) is 0 Å². The van der Waals surface area contributed by atoms with Crippen LogP contribution in [0.15, 0.2) is 0 Å². The molecule has 2 aliphatic heterocycles. The molecule has 0 amide bonds. The summed E-state index contributed by atoms with van der Waals surface area (Å²) in [6.07, 6.45) is -3.58. The summed E-state index contributed by atoms with van der Waals surface area (Å²) in [5.74, 6) is -1.18. The van der Waals surface area contributed by atoms with E-state index in [2.05, 4.69) is 4.84 Å². The van der Waals surface area contributed by atoms with Crippen molar-refractivity contribution < 1.29 is 34.4 Å². The lowest BCUT2D eigenvalue weighted by Gasteiger charge is -2.28. The SMILES string of the molecule is O=C(O)C[C@]12OC[C@H](O[N+](=O)[O-])[C@H]1OC[C@@H]2O. The van der Waals surface area contributed by atoms with E-state index in [9.17, 15) is 20.0 Å². The van der Waals surface area contributed by atoms with Gasteiger partial charge in [0.2, 0.25) is 0 Å². The van der Waals surface area contributed by atoms with Crippen molar-refractivity contribution in [1.82, 2.24) is 0 Å². The van der Waals surface area contributed by atoms with Crippen LogP contribution in [0.4, 0.5) is 0 Å². The zero-order chi connectivity index (χ0) is 12.6. The molecule has 0 aromatic carbocycles. The van der Waals surface area contributed by atoms with Crippen LogP contribution in [-0.4, -0.2) is 58.4 Å². The van der Waals surface area contributed by atoms with Crippen LogP contribution in [0.1, 0.15) is 6.42 Å². The highest BCUT2D eigenvalue weighted by Gasteiger charge is 2.61. The molecule has 0 saturated carbocycles. The predicted octanol–water partition coefficient (Wildman–Crippen LogP) is -1.43. The molecule has 2 saturated heterocycles. The molecule has 9 heteroatoms. The summed E-state index contributed by atoms with van der Waals surface area (Å²) < 4.78 is 10.4. The molecular formula is C8H11NO8. The van der Waals surface area contributed by atoms with Crippen molar-refractivity contribution in [3.8, 4) is 0 Å². The quantitative estimate of drug-likeness (QED) is 0.458. The molecule has 2 N–H and O–H groups in total. The van der Waals surface area contributed by atoms with E-state index in [1.165, 1.54) is 0 Å². The van der Waals surface area contributed by atoms with Crippen molar-refractivity contribution >= 4 is 5.97 Å². The number of aliphatic carboxylic acids is 1. The highest BCUT2D eigenvalue weighted by molar-refractivity contribution is 5.68. The molecule has 2 heterocycles. The van der Waals surface area contributed by atoms with Gasteiger partial charge >= 0.3 is 5.97 Å². The molecule has 0 radical (unpaired) electrons. The van der Waals surface area contributed by atoms with Crippen LogP contribution in [0.25, 0.3) is 0 Å². The number of hydrogen-bond acceptors (Lipinski definition) is 7. The van der Waals surface area contributed by atoms with Crippen molar-refractivity contribution in [2.45, 2.75) is 30.3 Å². The molecule has 0 spiro atoms. The summed E-state index contributed by atoms with van der Waals surface area (Å²) in [6.45, 7) is -0.314. The van der Waals surface area contributed by atoms with E-state index in [1.54, 1.807) is 0 Å². The minimum absolute atomic E-state index is 0.129. The fourth-order valence-electron chi connectivity index (χ4n) is 2.29. The molecule has 0 aromatic rings. The largest absolute Gasteiger partial charge is 0.481 e. The number of carbonyl (C=O) groups is 1. The van der Waals surface area contributed by atoms with E-state index in [0.29, 0.717) is 0 Å². The Hall–Kier alpha value is -1.45. The third kappa shape index (κ3) is 1.92. The van der Waals surface area contributed by atoms with Crippen LogP contribution in [0, 0.1) is 10.1 Å². The highest BCUT2D eigenvalue weighted by Crippen LogP contribution is 2.41. The van der Waals surface area contributed by atoms with Crippen molar-refractivity contribution in [1.29, 1.82) is 0 Å². The summed E-state index contributed by atoms with van der Waals surface area (Å²) in [6, 6.07) is 0. The average molecular weight is 249 g/mol. The van der Waals surface area contributed by atoms with Crippen molar-refractivity contribution in [2.75, 3.05) is 13.2 Å². The molecule has 2 aliphatic rings. The maximum Gasteiger partial charge on any atom is 0.306 e. The van der Waals surface area contributed by atoms with E-state index in [-0.39, 0.29) is 13.2 Å². The number of nitrogens with zero attached hydrogens (tertiary/aromatic N) is 1. The van der Waals surface area contributed by atoms with Gasteiger partial charge in [-0.3, -0.25) is 4.79 Å². The van der Waals surface area contributed by atoms with Gasteiger partial charge in [0.25, 0.3) is 5.09 Å². The number of aliphatic hydroxyl groups excluding tert-OH is 1. The Morgan fingerprint density at radius 1 is 1.59 bits per heavy atom. The molecule has 4 atom stereocenters. The molecule has 0 unspecified atom stereocenters. The van der Waals surface area contributed by atoms with Gasteiger partial charge in [-0.2, -0.15) is 0 Å². The standard InChI is InChI=1S/C8H11NO8/c10-5-3-15-7-4(17-9(13)14)2-16-8(5,7)1-6(11)12/h4-5,7,10H,1-3H2,(H,11,12)/t4-,5-,7+,8+/m0/s1. The number of aliphatic hydroxyl groups is 1. The molecule has 17 heavy (non-hydrogen) atoms. The summed E-state index contributed by atoms with van der Waals surface area (Å²) in [7, 11) is 0. The number of rotatable bonds is 4. The molecule has 0 bridgehead atoms. The zero-order valence-electron chi connectivity index (χ0n) is 8.64. The fraction of sp³-hybridized carbons (Fsp3) is 0.875. The first-order chi connectivity index (χ1) is 7.95. The normalized spacial score (nSPS) is 39.9. The molecule has 0 aliphatic carbocycles. The minimum Gasteiger partial charge on any atom is -0.481 e. The lowest BCUT2D eigenvalue weighted by atomic mass is 9.89. The van der Waals surface area contributed by atoms with Crippen LogP contribution < -0.4 is 0 Å². The van der Waals surface area contributed by atoms with E-state index in [4.69, 9.17) is 14.6 Å². The zero-order valence-corrected chi connectivity index (χ0v) is 8.64. The number of hydrogen-bond donors (Lipinski definition) is 2. The van der Waals surface area contributed by atoms with Gasteiger partial charge in [0.1, 0.15) is 17.8 Å². The Kier molecular flexibility index (Phi) is 2.89. The van der Waals surface area contributed by atoms with E-state index >= 15 is 0 Å². The van der Waals surface area contributed by atoms with E-state index in [0.717, 1.165) is 0 Å². The first kappa shape index (κ1) is 12.0. The van der Waals surface area contributed by atoms with Crippen LogP contribution in [0.2, 0.25) is 0 Å². The van der Waals surface area contributed by atoms with Crippen molar-refractivity contribution in [3.05, 3.63) is 10.1 Å². The van der Waals surface area contributed by atoms with E-state index < -0.39 is 41.4 Å². The second-order valence-corrected chi connectivity index (χ2v) is 3.97. The Morgan fingerprint density at radius 2 is 2.29 bits per heavy atom. The Balaban J connectivity index is 2.17. The lowest BCUT2D eigenvalue weighted by molar-refractivity contribution is -0.769. The third-order valence-electron chi connectivity index (χ3n) is 2.98. The number of fused-ring (bicyclic) bond motifs is 1. The molecular weight excluding hydrogens is 238 g/mol. The molecule has 2 rings (SSSR count). The van der Waals surface area contributed by atoms with Crippen LogP contribution >= 0.6 is 0 Å². The fourth-order valence-corrected chi connectivity index (χ4v) is 2.29. The topological polar surface area (TPSA) is 128 Å². The van der Waals surface area contributed by atoms with Crippen molar-refractivity contribution in [2.24, 2.45) is 0 Å². The number of carboxylic acid groups (broad SMARTS) is 1. The summed E-state index contributed by atoms with van der Waals surface area (Å²) in [5, 5.41) is 27.8. The predicted molar refractivity (Wildman–Crippen MR) is 48.6 cm³/mol. The Labute approximate surface area is 95.0 Å². The molecule has 2 fully saturated rings. The Bertz CT molecular complexity index is 346. The second-order valence-electron chi connectivity index (χ2n) is 3.97. The summed E-state index contributed by atoms with van der Waals surface area (Å²) in [4.78, 5) is 25.3. The van der Waals surface area contributed by atoms with Gasteiger partial charge < -0.3 is 24.5 Å². The maximum atomic E-state index is 10.7. The highest BCUT2D eigenvalue weighted by atomic mass is 17.0. The average Bonchev–Trinajstić information content (AvgIpc) is 2.67. The van der Waals surface area contributed by atoms with Gasteiger partial charge in [0.15, 0.2) is 6.10 Å². The first-order valence-electron chi connectivity index (χ1n) is 4.92. The smallest absolute Gasteiger partial charge is 0.306 e. The molecule has 96 valence electrons. The number of carboxylic acids is 1. The first-order valence-corrected chi connectivity index (χ1v) is 4.92. The summed E-state index contributed by atoms with van der Waals surface area (Å²) >= 11 is 0. The van der Waals surface area contributed by atoms with Crippen LogP contribution in [0.5, 0.6) is 0 Å². The maximum absolute atomic E-state index is 10.7. The number of ether oxygens (including phenoxy) is 2. The van der Waals surface area contributed by atoms with Gasteiger partial charge in [0.05, 0.1) is 19.6 Å². The van der Waals surface area contributed by atoms with E-state index in [1.807, 2.05) is 0 Å². The van der Waals surface area contributed by atoms with Gasteiger partial charge in [-0.05, 0) is 0 Å². The minimum atomic E-state index is -1.45. The summed E-state index contributed by atoms with van der Waals surface area (Å²) in [5.41, 5.74) is -1.45. The third-order valence-corrected chi connectivity index (χ3v) is 2.98. The van der Waals surface area contributed by atoms with Crippen molar-refractivity contribution in [3.63, 3.8) is 0 Å². The van der Waals surface area contributed by atoms with Crippen LogP contribution in [0.3, 0.4) is 0 Å². The second kappa shape index (κ2) is 4.09. The molecule has 0 aromatic heterocycles. The van der Waals surface area contributed by atoms with Gasteiger partial charge in [-0.1, -0.05) is 0 Å². The molecule has 9 nitrogen and oxygen atoms in total. The Morgan fingerprint density at radius 3 is 2.88 bits per heavy atom. The van der Waals surface area contributed by atoms with Crippen LogP contribution in [-0.2, 0) is 19.1 Å². The van der Waals surface area contributed by atoms with Gasteiger partial charge in [-0.25, -0.2) is 0 Å².